The van der Waals surface area contributed by atoms with Gasteiger partial charge in [0.05, 0.1) is 6.07 Å². The first kappa shape index (κ1) is 11.1. The van der Waals surface area contributed by atoms with Crippen molar-refractivity contribution in [2.24, 2.45) is 17.8 Å². The Morgan fingerprint density at radius 2 is 1.71 bits per heavy atom. The first-order valence-corrected chi connectivity index (χ1v) is 6.87. The summed E-state index contributed by atoms with van der Waals surface area (Å²) in [6.45, 7) is 0. The lowest BCUT2D eigenvalue weighted by Gasteiger charge is -2.56. The van der Waals surface area contributed by atoms with E-state index < -0.39 is 0 Å². The number of hydrogen-bond donors (Lipinski definition) is 1. The molecule has 3 nitrogen and oxygen atoms in total. The Balaban J connectivity index is 1.66. The summed E-state index contributed by atoms with van der Waals surface area (Å²) in [5, 5.41) is 11.8. The van der Waals surface area contributed by atoms with Crippen LogP contribution >= 0.6 is 0 Å². The maximum atomic E-state index is 11.8. The summed E-state index contributed by atoms with van der Waals surface area (Å²) in [6, 6.07) is 2.05. The highest BCUT2D eigenvalue weighted by Gasteiger charge is 2.51. The fourth-order valence-electron chi connectivity index (χ4n) is 4.79. The predicted molar refractivity (Wildman–Crippen MR) is 63.9 cm³/mol. The minimum atomic E-state index is 0.0912. The third kappa shape index (κ3) is 2.06. The molecule has 0 aliphatic heterocycles. The van der Waals surface area contributed by atoms with Gasteiger partial charge in [0.15, 0.2) is 0 Å². The van der Waals surface area contributed by atoms with E-state index in [0.717, 1.165) is 17.8 Å². The molecule has 0 heterocycles. The Bertz CT molecular complexity index is 334. The molecule has 92 valence electrons. The molecule has 3 heteroatoms. The Hall–Kier alpha value is -1.04. The average Bonchev–Trinajstić information content (AvgIpc) is 2.23. The van der Waals surface area contributed by atoms with Gasteiger partial charge in [0.1, 0.15) is 0 Å². The molecule has 0 aromatic carbocycles. The molecular weight excluding hydrogens is 212 g/mol. The van der Waals surface area contributed by atoms with Crippen molar-refractivity contribution in [2.75, 3.05) is 0 Å². The smallest absolute Gasteiger partial charge is 0.221 e. The van der Waals surface area contributed by atoms with E-state index in [0.29, 0.717) is 12.8 Å². The van der Waals surface area contributed by atoms with Gasteiger partial charge in [-0.1, -0.05) is 0 Å². The van der Waals surface area contributed by atoms with Gasteiger partial charge in [0, 0.05) is 18.4 Å². The number of carbonyl (C=O) groups is 1. The highest BCUT2D eigenvalue weighted by Crippen LogP contribution is 2.55. The Morgan fingerprint density at radius 1 is 1.18 bits per heavy atom. The zero-order chi connectivity index (χ0) is 11.9. The molecular formula is C14H20N2O. The summed E-state index contributed by atoms with van der Waals surface area (Å²) in [7, 11) is 0. The van der Waals surface area contributed by atoms with Crippen LogP contribution in [-0.2, 0) is 4.79 Å². The summed E-state index contributed by atoms with van der Waals surface area (Å²) in [5.41, 5.74) is 0.112. The Labute approximate surface area is 103 Å². The second kappa shape index (κ2) is 4.01. The Morgan fingerprint density at radius 3 is 2.18 bits per heavy atom. The van der Waals surface area contributed by atoms with E-state index in [1.165, 1.54) is 38.5 Å². The molecule has 0 radical (unpaired) electrons. The molecule has 4 saturated carbocycles. The van der Waals surface area contributed by atoms with Gasteiger partial charge in [-0.2, -0.15) is 5.26 Å². The third-order valence-corrected chi connectivity index (χ3v) is 4.91. The van der Waals surface area contributed by atoms with Gasteiger partial charge >= 0.3 is 0 Å². The maximum Gasteiger partial charge on any atom is 0.221 e. The summed E-state index contributed by atoms with van der Waals surface area (Å²) >= 11 is 0. The highest BCUT2D eigenvalue weighted by atomic mass is 16.1. The standard InChI is InChI=1S/C14H20N2O/c15-3-1-2-13(17)16-14-7-10-4-11(8-14)6-12(5-10)9-14/h10-12H,1-2,4-9H2,(H,16,17). The molecule has 17 heavy (non-hydrogen) atoms. The van der Waals surface area contributed by atoms with Gasteiger partial charge < -0.3 is 5.32 Å². The monoisotopic (exact) mass is 232 g/mol. The van der Waals surface area contributed by atoms with Crippen molar-refractivity contribution in [3.8, 4) is 6.07 Å². The lowest BCUT2D eigenvalue weighted by molar-refractivity contribution is -0.126. The van der Waals surface area contributed by atoms with E-state index in [1.807, 2.05) is 6.07 Å². The number of carbonyl (C=O) groups excluding carboxylic acids is 1. The molecule has 4 bridgehead atoms. The fraction of sp³-hybridized carbons (Fsp3) is 0.857. The van der Waals surface area contributed by atoms with E-state index in [2.05, 4.69) is 5.32 Å². The van der Waals surface area contributed by atoms with Gasteiger partial charge in [0.25, 0.3) is 0 Å². The highest BCUT2D eigenvalue weighted by molar-refractivity contribution is 5.77. The Kier molecular flexibility index (Phi) is 2.61. The van der Waals surface area contributed by atoms with Crippen LogP contribution in [0.2, 0.25) is 0 Å². The van der Waals surface area contributed by atoms with Gasteiger partial charge in [-0.15, -0.1) is 0 Å². The van der Waals surface area contributed by atoms with Crippen LogP contribution < -0.4 is 5.32 Å². The summed E-state index contributed by atoms with van der Waals surface area (Å²) in [4.78, 5) is 11.8. The van der Waals surface area contributed by atoms with E-state index in [4.69, 9.17) is 5.26 Å². The fourth-order valence-corrected chi connectivity index (χ4v) is 4.79. The van der Waals surface area contributed by atoms with Crippen molar-refractivity contribution in [1.29, 1.82) is 5.26 Å². The van der Waals surface area contributed by atoms with E-state index >= 15 is 0 Å². The van der Waals surface area contributed by atoms with E-state index in [9.17, 15) is 4.79 Å². The maximum absolute atomic E-state index is 11.8. The van der Waals surface area contributed by atoms with Crippen molar-refractivity contribution in [3.63, 3.8) is 0 Å². The van der Waals surface area contributed by atoms with Crippen LogP contribution in [0, 0.1) is 29.1 Å². The van der Waals surface area contributed by atoms with Crippen LogP contribution in [0.1, 0.15) is 51.4 Å². The van der Waals surface area contributed by atoms with Crippen molar-refractivity contribution in [3.05, 3.63) is 0 Å². The largest absolute Gasteiger partial charge is 0.351 e. The molecule has 0 aromatic rings. The second-order valence-corrected chi connectivity index (χ2v) is 6.40. The normalized spacial score (nSPS) is 42.2. The van der Waals surface area contributed by atoms with Crippen molar-refractivity contribution in [2.45, 2.75) is 56.9 Å². The summed E-state index contributed by atoms with van der Waals surface area (Å²) in [6.07, 6.45) is 8.48. The molecule has 0 spiro atoms. The van der Waals surface area contributed by atoms with Crippen LogP contribution in [-0.4, -0.2) is 11.4 Å². The molecule has 0 aromatic heterocycles. The number of amides is 1. The number of hydrogen-bond acceptors (Lipinski definition) is 2. The molecule has 0 atom stereocenters. The van der Waals surface area contributed by atoms with E-state index in [1.54, 1.807) is 0 Å². The molecule has 4 aliphatic rings. The second-order valence-electron chi connectivity index (χ2n) is 6.40. The molecule has 4 fully saturated rings. The lowest BCUT2D eigenvalue weighted by Crippen LogP contribution is -2.59. The van der Waals surface area contributed by atoms with Gasteiger partial charge in [-0.25, -0.2) is 0 Å². The number of nitriles is 1. The van der Waals surface area contributed by atoms with Gasteiger partial charge in [0.2, 0.25) is 5.91 Å². The molecule has 0 unspecified atom stereocenters. The molecule has 1 amide bonds. The molecule has 1 N–H and O–H groups in total. The minimum Gasteiger partial charge on any atom is -0.351 e. The average molecular weight is 232 g/mol. The SMILES string of the molecule is N#CCCC(=O)NC12CC3CC(CC(C3)C1)C2. The van der Waals surface area contributed by atoms with Crippen LogP contribution in [0.4, 0.5) is 0 Å². The van der Waals surface area contributed by atoms with E-state index in [-0.39, 0.29) is 11.4 Å². The van der Waals surface area contributed by atoms with Crippen LogP contribution in [0.25, 0.3) is 0 Å². The summed E-state index contributed by atoms with van der Waals surface area (Å²) < 4.78 is 0. The number of nitrogens with one attached hydrogen (secondary N) is 1. The molecule has 0 saturated heterocycles. The zero-order valence-corrected chi connectivity index (χ0v) is 10.2. The van der Waals surface area contributed by atoms with Crippen molar-refractivity contribution >= 4 is 5.91 Å². The third-order valence-electron chi connectivity index (χ3n) is 4.91. The van der Waals surface area contributed by atoms with Crippen LogP contribution in [0.3, 0.4) is 0 Å². The van der Waals surface area contributed by atoms with Crippen LogP contribution in [0.5, 0.6) is 0 Å². The molecule has 4 rings (SSSR count). The van der Waals surface area contributed by atoms with Gasteiger partial charge in [-0.05, 0) is 56.3 Å². The molecule has 4 aliphatic carbocycles. The number of rotatable bonds is 3. The predicted octanol–water partition coefficient (Wildman–Crippen LogP) is 2.38. The van der Waals surface area contributed by atoms with Crippen molar-refractivity contribution in [1.82, 2.24) is 5.32 Å². The zero-order valence-electron chi connectivity index (χ0n) is 10.2. The van der Waals surface area contributed by atoms with Gasteiger partial charge in [-0.3, -0.25) is 4.79 Å². The summed E-state index contributed by atoms with van der Waals surface area (Å²) in [5.74, 6) is 2.67. The lowest BCUT2D eigenvalue weighted by atomic mass is 9.53. The first-order valence-electron chi connectivity index (χ1n) is 6.87. The topological polar surface area (TPSA) is 52.9 Å². The minimum absolute atomic E-state index is 0.0912. The van der Waals surface area contributed by atoms with Crippen LogP contribution in [0.15, 0.2) is 0 Å². The van der Waals surface area contributed by atoms with Crippen molar-refractivity contribution < 1.29 is 4.79 Å². The first-order chi connectivity index (χ1) is 8.19. The number of nitrogens with zero attached hydrogens (tertiary/aromatic N) is 1. The quantitative estimate of drug-likeness (QED) is 0.812.